The number of pyridine rings is 1. The van der Waals surface area contributed by atoms with E-state index in [9.17, 15) is 10.1 Å². The van der Waals surface area contributed by atoms with Gasteiger partial charge in [-0.25, -0.2) is 4.98 Å². The number of nitrogens with zero attached hydrogens (tertiary/aromatic N) is 3. The molecule has 0 spiro atoms. The van der Waals surface area contributed by atoms with E-state index in [1.165, 1.54) is 4.40 Å². The highest BCUT2D eigenvalue weighted by Crippen LogP contribution is 2.18. The third kappa shape index (κ3) is 2.54. The zero-order chi connectivity index (χ0) is 18.3. The van der Waals surface area contributed by atoms with Crippen molar-refractivity contribution < 1.29 is 0 Å². The lowest BCUT2D eigenvalue weighted by Crippen LogP contribution is -2.34. The molecule has 0 saturated carbocycles. The van der Waals surface area contributed by atoms with Gasteiger partial charge < -0.3 is 5.32 Å². The van der Waals surface area contributed by atoms with Crippen molar-refractivity contribution in [2.24, 2.45) is 0 Å². The minimum absolute atomic E-state index is 0.199. The summed E-state index contributed by atoms with van der Waals surface area (Å²) >= 11 is 3.39. The van der Waals surface area contributed by atoms with Gasteiger partial charge in [0.1, 0.15) is 6.07 Å². The Balaban J connectivity index is 2.01. The zero-order valence-electron chi connectivity index (χ0n) is 13.8. The Hall–Kier alpha value is -3.17. The van der Waals surface area contributed by atoms with E-state index in [0.717, 1.165) is 10.2 Å². The number of aromatic nitrogens is 2. The van der Waals surface area contributed by atoms with Crippen LogP contribution in [0.5, 0.6) is 0 Å². The van der Waals surface area contributed by atoms with E-state index in [4.69, 9.17) is 0 Å². The maximum atomic E-state index is 13.1. The summed E-state index contributed by atoms with van der Waals surface area (Å²) in [6, 6.07) is 17.2. The lowest BCUT2D eigenvalue weighted by molar-refractivity contribution is 1.10. The molecule has 0 radical (unpaired) electrons. The highest BCUT2D eigenvalue weighted by Gasteiger charge is 2.15. The fraction of sp³-hybridized carbons (Fsp3) is 0.0500. The van der Waals surface area contributed by atoms with Crippen LogP contribution >= 0.6 is 15.9 Å². The number of benzene rings is 2. The minimum atomic E-state index is -0.199. The van der Waals surface area contributed by atoms with Crippen molar-refractivity contribution in [3.63, 3.8) is 0 Å². The Bertz CT molecular complexity index is 1300. The predicted molar refractivity (Wildman–Crippen MR) is 106 cm³/mol. The van der Waals surface area contributed by atoms with Crippen molar-refractivity contribution in [3.05, 3.63) is 79.7 Å². The Morgan fingerprint density at radius 1 is 1.19 bits per heavy atom. The largest absolute Gasteiger partial charge is 0.361 e. The molecule has 0 aliphatic heterocycles. The predicted octanol–water partition coefficient (Wildman–Crippen LogP) is 3.36. The summed E-state index contributed by atoms with van der Waals surface area (Å²) in [5.74, 6) is 0. The topological polar surface area (TPSA) is 70.2 Å². The smallest absolute Gasteiger partial charge is 0.265 e. The minimum Gasteiger partial charge on any atom is -0.361 e. The lowest BCUT2D eigenvalue weighted by atomic mass is 10.1. The molecule has 5 nitrogen and oxygen atoms in total. The van der Waals surface area contributed by atoms with Gasteiger partial charge in [-0.3, -0.25) is 9.20 Å². The van der Waals surface area contributed by atoms with Crippen molar-refractivity contribution in [2.45, 2.75) is 6.92 Å². The Morgan fingerprint density at radius 2 is 1.92 bits per heavy atom. The molecule has 0 aliphatic rings. The lowest BCUT2D eigenvalue weighted by Gasteiger charge is -2.04. The Morgan fingerprint density at radius 3 is 2.65 bits per heavy atom. The number of hydrogen-bond donors (Lipinski definition) is 1. The number of fused-ring (bicyclic) bond motifs is 3. The molecule has 0 saturated heterocycles. The van der Waals surface area contributed by atoms with Crippen molar-refractivity contribution in [3.8, 4) is 6.07 Å². The summed E-state index contributed by atoms with van der Waals surface area (Å²) in [5.41, 5.74) is 3.46. The average Bonchev–Trinajstić information content (AvgIpc) is 3.03. The van der Waals surface area contributed by atoms with Gasteiger partial charge in [0, 0.05) is 16.4 Å². The molecule has 0 unspecified atom stereocenters. The summed E-state index contributed by atoms with van der Waals surface area (Å²) in [6.07, 6.45) is 1.65. The van der Waals surface area contributed by atoms with Gasteiger partial charge in [-0.05, 0) is 48.9 Å². The maximum absolute atomic E-state index is 13.1. The van der Waals surface area contributed by atoms with Gasteiger partial charge in [-0.15, -0.1) is 0 Å². The van der Waals surface area contributed by atoms with Crippen LogP contribution in [0, 0.1) is 18.3 Å². The molecule has 2 heterocycles. The number of nitriles is 1. The number of imidazole rings is 1. The molecular weight excluding hydrogens is 392 g/mol. The zero-order valence-corrected chi connectivity index (χ0v) is 15.4. The molecule has 4 aromatic rings. The van der Waals surface area contributed by atoms with E-state index in [2.05, 4.69) is 32.3 Å². The van der Waals surface area contributed by atoms with Crippen LogP contribution < -0.4 is 16.1 Å². The molecule has 2 aromatic heterocycles. The molecule has 1 N–H and O–H groups in total. The molecule has 0 aliphatic carbocycles. The summed E-state index contributed by atoms with van der Waals surface area (Å²) in [6.45, 7) is 1.77. The van der Waals surface area contributed by atoms with E-state index in [1.807, 2.05) is 48.5 Å². The summed E-state index contributed by atoms with van der Waals surface area (Å²) < 4.78 is 2.48. The van der Waals surface area contributed by atoms with Gasteiger partial charge in [0.15, 0.2) is 5.65 Å². The summed E-state index contributed by atoms with van der Waals surface area (Å²) in [4.78, 5) is 17.6. The van der Waals surface area contributed by atoms with Crippen molar-refractivity contribution in [1.82, 2.24) is 9.38 Å². The fourth-order valence-electron chi connectivity index (χ4n) is 2.99. The van der Waals surface area contributed by atoms with Crippen LogP contribution in [-0.2, 0) is 0 Å². The third-order valence-corrected chi connectivity index (χ3v) is 4.86. The van der Waals surface area contributed by atoms with Gasteiger partial charge in [-0.2, -0.15) is 5.26 Å². The van der Waals surface area contributed by atoms with Crippen LogP contribution in [0.2, 0.25) is 0 Å². The quantitative estimate of drug-likeness (QED) is 0.555. The van der Waals surface area contributed by atoms with Crippen LogP contribution in [0.4, 0.5) is 5.69 Å². The molecule has 0 bridgehead atoms. The van der Waals surface area contributed by atoms with Crippen LogP contribution in [0.25, 0.3) is 22.9 Å². The SMILES string of the molecule is Cc1c(C#N)c2nc3ccccc3n2c(=O)/c1=C\Nc1ccc(Br)cc1. The second-order valence-electron chi connectivity index (χ2n) is 5.89. The number of halogens is 1. The van der Waals surface area contributed by atoms with Gasteiger partial charge in [0.25, 0.3) is 5.56 Å². The number of hydrogen-bond acceptors (Lipinski definition) is 4. The van der Waals surface area contributed by atoms with Crippen LogP contribution in [-0.4, -0.2) is 9.38 Å². The molecule has 126 valence electrons. The highest BCUT2D eigenvalue weighted by molar-refractivity contribution is 9.10. The monoisotopic (exact) mass is 404 g/mol. The molecule has 26 heavy (non-hydrogen) atoms. The second kappa shape index (κ2) is 6.28. The third-order valence-electron chi connectivity index (χ3n) is 4.34. The molecule has 0 amide bonds. The van der Waals surface area contributed by atoms with Gasteiger partial charge in [0.2, 0.25) is 0 Å². The van der Waals surface area contributed by atoms with E-state index in [-0.39, 0.29) is 5.56 Å². The van der Waals surface area contributed by atoms with E-state index < -0.39 is 0 Å². The van der Waals surface area contributed by atoms with Gasteiger partial charge >= 0.3 is 0 Å². The highest BCUT2D eigenvalue weighted by atomic mass is 79.9. The Labute approximate surface area is 157 Å². The fourth-order valence-corrected chi connectivity index (χ4v) is 3.25. The summed E-state index contributed by atoms with van der Waals surface area (Å²) in [5, 5.41) is 13.2. The first-order valence-corrected chi connectivity index (χ1v) is 8.75. The molecule has 6 heteroatoms. The van der Waals surface area contributed by atoms with Crippen molar-refractivity contribution >= 4 is 44.5 Å². The summed E-state index contributed by atoms with van der Waals surface area (Å²) in [7, 11) is 0. The number of nitrogens with one attached hydrogen (secondary N) is 1. The number of anilines is 1. The first kappa shape index (κ1) is 16.3. The molecular formula is C20H13BrN4O. The normalized spacial score (nSPS) is 11.8. The maximum Gasteiger partial charge on any atom is 0.265 e. The standard InChI is InChI=1S/C20H13BrN4O/c1-12-15(10-22)19-24-17-4-2-3-5-18(17)25(19)20(26)16(12)11-23-14-8-6-13(21)7-9-14/h2-9,11,23H,1H3/b16-11-. The molecule has 0 fully saturated rings. The average molecular weight is 405 g/mol. The first-order chi connectivity index (χ1) is 12.6. The van der Waals surface area contributed by atoms with Gasteiger partial charge in [-0.1, -0.05) is 28.1 Å². The van der Waals surface area contributed by atoms with Crippen LogP contribution in [0.1, 0.15) is 11.1 Å². The van der Waals surface area contributed by atoms with Gasteiger partial charge in [0.05, 0.1) is 21.8 Å². The van der Waals surface area contributed by atoms with Crippen molar-refractivity contribution in [1.29, 1.82) is 5.26 Å². The van der Waals surface area contributed by atoms with Crippen LogP contribution in [0.15, 0.2) is 57.8 Å². The molecule has 0 atom stereocenters. The van der Waals surface area contributed by atoms with Crippen LogP contribution in [0.3, 0.4) is 0 Å². The van der Waals surface area contributed by atoms with E-state index in [1.54, 1.807) is 13.1 Å². The van der Waals surface area contributed by atoms with E-state index in [0.29, 0.717) is 33.0 Å². The second-order valence-corrected chi connectivity index (χ2v) is 6.80. The molecule has 4 rings (SSSR count). The van der Waals surface area contributed by atoms with E-state index >= 15 is 0 Å². The number of rotatable bonds is 2. The Kier molecular flexibility index (Phi) is 3.94. The first-order valence-electron chi connectivity index (χ1n) is 7.96. The van der Waals surface area contributed by atoms with Crippen molar-refractivity contribution in [2.75, 3.05) is 5.32 Å². The molecule has 2 aromatic carbocycles. The number of para-hydroxylation sites is 2.